The molecular weight excluding hydrogens is 418 g/mol. The summed E-state index contributed by atoms with van der Waals surface area (Å²) in [6.45, 7) is 6.94. The van der Waals surface area contributed by atoms with Gasteiger partial charge in [0.05, 0.1) is 7.11 Å². The highest BCUT2D eigenvalue weighted by Crippen LogP contribution is 2.26. The predicted octanol–water partition coefficient (Wildman–Crippen LogP) is 7.64. The smallest absolute Gasteiger partial charge is 0.135 e. The molecule has 0 aliphatic heterocycles. The van der Waals surface area contributed by atoms with E-state index in [1.54, 1.807) is 7.11 Å². The number of carbonyl (C=O) groups excluding carboxylic acids is 1. The number of unbranched alkanes of at least 4 members (excludes halogenated alkanes) is 6. The molecular formula is C28H48ClNO2. The highest BCUT2D eigenvalue weighted by Gasteiger charge is 2.20. The molecule has 0 saturated heterocycles. The second-order valence-electron chi connectivity index (χ2n) is 9.56. The SMILES string of the molecule is CCN(CCCCCCCCCC(=O)C1CCCCC1)C(C)Cc1ccc(OC)cc1.Cl. The van der Waals surface area contributed by atoms with Crippen molar-refractivity contribution in [1.29, 1.82) is 0 Å². The predicted molar refractivity (Wildman–Crippen MR) is 139 cm³/mol. The van der Waals surface area contributed by atoms with E-state index in [2.05, 4.69) is 43.0 Å². The minimum atomic E-state index is 0. The van der Waals surface area contributed by atoms with E-state index < -0.39 is 0 Å². The molecule has 1 aromatic rings. The first-order chi connectivity index (χ1) is 15.1. The van der Waals surface area contributed by atoms with Gasteiger partial charge in [0.1, 0.15) is 11.5 Å². The second kappa shape index (κ2) is 17.4. The Morgan fingerprint density at radius 1 is 0.969 bits per heavy atom. The number of Topliss-reactive ketones (excluding diaryl/α,β-unsaturated/α-hetero) is 1. The van der Waals surface area contributed by atoms with Gasteiger partial charge in [-0.05, 0) is 69.8 Å². The number of hydrogen-bond donors (Lipinski definition) is 0. The quantitative estimate of drug-likeness (QED) is 0.235. The van der Waals surface area contributed by atoms with Crippen molar-refractivity contribution in [2.45, 2.75) is 110 Å². The van der Waals surface area contributed by atoms with Gasteiger partial charge in [-0.15, -0.1) is 12.4 Å². The molecule has 0 N–H and O–H groups in total. The largest absolute Gasteiger partial charge is 0.497 e. The van der Waals surface area contributed by atoms with Crippen LogP contribution in [0.15, 0.2) is 24.3 Å². The van der Waals surface area contributed by atoms with Gasteiger partial charge in [0.15, 0.2) is 0 Å². The number of hydrogen-bond acceptors (Lipinski definition) is 3. The minimum absolute atomic E-state index is 0. The lowest BCUT2D eigenvalue weighted by Gasteiger charge is -2.28. The molecule has 0 amide bonds. The van der Waals surface area contributed by atoms with Crippen LogP contribution in [0.5, 0.6) is 5.75 Å². The number of nitrogens with zero attached hydrogens (tertiary/aromatic N) is 1. The molecule has 0 heterocycles. The van der Waals surface area contributed by atoms with Gasteiger partial charge in [-0.1, -0.05) is 70.4 Å². The van der Waals surface area contributed by atoms with Crippen LogP contribution in [0.3, 0.4) is 0 Å². The first kappa shape index (κ1) is 29.0. The van der Waals surface area contributed by atoms with Crippen molar-refractivity contribution in [3.63, 3.8) is 0 Å². The Morgan fingerprint density at radius 2 is 1.56 bits per heavy atom. The van der Waals surface area contributed by atoms with E-state index in [0.717, 1.165) is 44.4 Å². The number of rotatable bonds is 16. The van der Waals surface area contributed by atoms with Gasteiger partial charge in [-0.25, -0.2) is 0 Å². The van der Waals surface area contributed by atoms with Gasteiger partial charge >= 0.3 is 0 Å². The van der Waals surface area contributed by atoms with Crippen LogP contribution in [-0.2, 0) is 11.2 Å². The molecule has 184 valence electrons. The maximum Gasteiger partial charge on any atom is 0.135 e. The fourth-order valence-corrected chi connectivity index (χ4v) is 5.05. The Labute approximate surface area is 204 Å². The summed E-state index contributed by atoms with van der Waals surface area (Å²) >= 11 is 0. The molecule has 1 unspecified atom stereocenters. The summed E-state index contributed by atoms with van der Waals surface area (Å²) < 4.78 is 5.26. The van der Waals surface area contributed by atoms with Crippen LogP contribution in [0.2, 0.25) is 0 Å². The number of benzene rings is 1. The molecule has 0 bridgehead atoms. The van der Waals surface area contributed by atoms with Crippen molar-refractivity contribution in [1.82, 2.24) is 4.90 Å². The van der Waals surface area contributed by atoms with Gasteiger partial charge < -0.3 is 9.64 Å². The number of ketones is 1. The summed E-state index contributed by atoms with van der Waals surface area (Å²) in [6, 6.07) is 9.06. The second-order valence-corrected chi connectivity index (χ2v) is 9.56. The lowest BCUT2D eigenvalue weighted by atomic mass is 9.84. The lowest BCUT2D eigenvalue weighted by molar-refractivity contribution is -0.123. The fourth-order valence-electron chi connectivity index (χ4n) is 5.05. The topological polar surface area (TPSA) is 29.5 Å². The average molecular weight is 466 g/mol. The highest BCUT2D eigenvalue weighted by atomic mass is 35.5. The minimum Gasteiger partial charge on any atom is -0.497 e. The summed E-state index contributed by atoms with van der Waals surface area (Å²) in [6.07, 6.45) is 17.0. The summed E-state index contributed by atoms with van der Waals surface area (Å²) in [5.41, 5.74) is 1.38. The molecule has 4 heteroatoms. The van der Waals surface area contributed by atoms with Crippen molar-refractivity contribution in [2.75, 3.05) is 20.2 Å². The van der Waals surface area contributed by atoms with Gasteiger partial charge in [0, 0.05) is 18.4 Å². The Balaban J connectivity index is 0.00000512. The van der Waals surface area contributed by atoms with Crippen molar-refractivity contribution in [2.24, 2.45) is 5.92 Å². The van der Waals surface area contributed by atoms with Crippen molar-refractivity contribution >= 4 is 18.2 Å². The summed E-state index contributed by atoms with van der Waals surface area (Å²) in [5.74, 6) is 1.89. The van der Waals surface area contributed by atoms with E-state index in [1.165, 1.54) is 69.9 Å². The lowest BCUT2D eigenvalue weighted by Crippen LogP contribution is -2.35. The van der Waals surface area contributed by atoms with E-state index in [4.69, 9.17) is 4.74 Å². The first-order valence-electron chi connectivity index (χ1n) is 13.0. The molecule has 3 nitrogen and oxygen atoms in total. The van der Waals surface area contributed by atoms with Crippen LogP contribution in [0.25, 0.3) is 0 Å². The molecule has 2 rings (SSSR count). The molecule has 1 saturated carbocycles. The molecule has 0 aromatic heterocycles. The van der Waals surface area contributed by atoms with Crippen LogP contribution in [0, 0.1) is 5.92 Å². The number of likely N-dealkylation sites (N-methyl/N-ethyl adjacent to an activating group) is 1. The van der Waals surface area contributed by atoms with Gasteiger partial charge in [0.25, 0.3) is 0 Å². The van der Waals surface area contributed by atoms with Crippen molar-refractivity contribution in [3.8, 4) is 5.75 Å². The molecule has 0 spiro atoms. The van der Waals surface area contributed by atoms with Gasteiger partial charge in [0.2, 0.25) is 0 Å². The first-order valence-corrected chi connectivity index (χ1v) is 13.0. The molecule has 1 fully saturated rings. The maximum absolute atomic E-state index is 12.3. The van der Waals surface area contributed by atoms with E-state index in [0.29, 0.717) is 17.7 Å². The van der Waals surface area contributed by atoms with Crippen LogP contribution < -0.4 is 4.74 Å². The van der Waals surface area contributed by atoms with Gasteiger partial charge in [-0.2, -0.15) is 0 Å². The van der Waals surface area contributed by atoms with Gasteiger partial charge in [-0.3, -0.25) is 4.79 Å². The Kier molecular flexibility index (Phi) is 15.8. The van der Waals surface area contributed by atoms with Crippen LogP contribution in [-0.4, -0.2) is 36.9 Å². The molecule has 1 aromatic carbocycles. The highest BCUT2D eigenvalue weighted by molar-refractivity contribution is 5.85. The molecule has 0 radical (unpaired) electrons. The fraction of sp³-hybridized carbons (Fsp3) is 0.750. The van der Waals surface area contributed by atoms with Crippen LogP contribution >= 0.6 is 12.4 Å². The third-order valence-electron chi connectivity index (χ3n) is 7.15. The van der Waals surface area contributed by atoms with E-state index in [1.807, 2.05) is 0 Å². The molecule has 1 aliphatic carbocycles. The average Bonchev–Trinajstić information content (AvgIpc) is 2.81. The zero-order valence-electron chi connectivity index (χ0n) is 20.9. The summed E-state index contributed by atoms with van der Waals surface area (Å²) in [4.78, 5) is 14.9. The number of halogens is 1. The van der Waals surface area contributed by atoms with Crippen LogP contribution in [0.1, 0.15) is 103 Å². The zero-order valence-corrected chi connectivity index (χ0v) is 21.8. The standard InChI is InChI=1S/C28H47NO2.ClH/c1-4-29(24(2)23-25-18-20-27(31-3)21-19-25)22-14-9-7-5-6-8-13-17-28(30)26-15-11-10-12-16-26;/h18-21,24,26H,4-17,22-23H2,1-3H3;1H. The Morgan fingerprint density at radius 3 is 2.16 bits per heavy atom. The molecule has 32 heavy (non-hydrogen) atoms. The summed E-state index contributed by atoms with van der Waals surface area (Å²) in [7, 11) is 1.72. The van der Waals surface area contributed by atoms with Crippen molar-refractivity contribution < 1.29 is 9.53 Å². The third-order valence-corrected chi connectivity index (χ3v) is 7.15. The van der Waals surface area contributed by atoms with E-state index >= 15 is 0 Å². The number of methoxy groups -OCH3 is 1. The van der Waals surface area contributed by atoms with E-state index in [-0.39, 0.29) is 12.4 Å². The molecule has 1 atom stereocenters. The monoisotopic (exact) mass is 465 g/mol. The van der Waals surface area contributed by atoms with Crippen LogP contribution in [0.4, 0.5) is 0 Å². The number of ether oxygens (including phenoxy) is 1. The summed E-state index contributed by atoms with van der Waals surface area (Å²) in [5, 5.41) is 0. The zero-order chi connectivity index (χ0) is 22.3. The third kappa shape index (κ3) is 11.2. The Hall–Kier alpha value is -1.06. The molecule has 1 aliphatic rings. The van der Waals surface area contributed by atoms with Crippen molar-refractivity contribution in [3.05, 3.63) is 29.8 Å². The maximum atomic E-state index is 12.3. The Bertz CT molecular complexity index is 598. The normalized spacial score (nSPS) is 15.4. The number of carbonyl (C=O) groups is 1. The van der Waals surface area contributed by atoms with E-state index in [9.17, 15) is 4.79 Å².